The summed E-state index contributed by atoms with van der Waals surface area (Å²) in [5.41, 5.74) is 2.73. The Kier molecular flexibility index (Phi) is 2.14. The number of benzene rings is 1. The van der Waals surface area contributed by atoms with E-state index >= 15 is 0 Å². The average Bonchev–Trinajstić information content (AvgIpc) is 2.70. The normalized spacial score (nSPS) is 10.1. The summed E-state index contributed by atoms with van der Waals surface area (Å²) in [6, 6.07) is 7.40. The molecule has 1 aromatic heterocycles. The van der Waals surface area contributed by atoms with Crippen molar-refractivity contribution >= 4 is 6.29 Å². The van der Waals surface area contributed by atoms with Crippen molar-refractivity contribution in [1.29, 1.82) is 0 Å². The number of carbonyl (C=O) groups is 1. The van der Waals surface area contributed by atoms with E-state index in [-0.39, 0.29) is 0 Å². The summed E-state index contributed by atoms with van der Waals surface area (Å²) in [6.45, 7) is 1.96. The van der Waals surface area contributed by atoms with E-state index in [4.69, 9.17) is 0 Å². The molecule has 0 atom stereocenters. The largest absolute Gasteiger partial charge is 0.298 e. The van der Waals surface area contributed by atoms with Crippen LogP contribution in [0.5, 0.6) is 0 Å². The second-order valence-corrected chi connectivity index (χ2v) is 3.11. The Hall–Kier alpha value is -1.90. The number of nitrogens with zero attached hydrogens (tertiary/aromatic N) is 2. The summed E-state index contributed by atoms with van der Waals surface area (Å²) in [5.74, 6) is 0. The molecule has 0 aliphatic carbocycles. The molecule has 0 unspecified atom stereocenters. The second kappa shape index (κ2) is 3.46. The maximum atomic E-state index is 10.5. The van der Waals surface area contributed by atoms with Gasteiger partial charge in [0.25, 0.3) is 0 Å². The topological polar surface area (TPSA) is 34.9 Å². The molecule has 14 heavy (non-hydrogen) atoms. The van der Waals surface area contributed by atoms with Crippen molar-refractivity contribution in [1.82, 2.24) is 9.78 Å². The molecule has 0 N–H and O–H groups in total. The molecule has 0 fully saturated rings. The van der Waals surface area contributed by atoms with E-state index in [1.807, 2.05) is 31.3 Å². The number of carbonyl (C=O) groups excluding carboxylic acids is 1. The van der Waals surface area contributed by atoms with Crippen LogP contribution >= 0.6 is 0 Å². The maximum absolute atomic E-state index is 10.5. The zero-order chi connectivity index (χ0) is 9.97. The summed E-state index contributed by atoms with van der Waals surface area (Å²) >= 11 is 0. The van der Waals surface area contributed by atoms with Crippen LogP contribution < -0.4 is 0 Å². The lowest BCUT2D eigenvalue weighted by Gasteiger charge is -2.05. The minimum atomic E-state index is 0.693. The first-order chi connectivity index (χ1) is 6.81. The summed E-state index contributed by atoms with van der Waals surface area (Å²) in [7, 11) is 0. The number of hydrogen-bond acceptors (Lipinski definition) is 2. The standard InChI is InChI=1S/C11H10N2O/c1-9-7-10(8-14)3-4-11(9)13-6-2-5-12-13/h2-8H,1H3. The van der Waals surface area contributed by atoms with Crippen LogP contribution in [-0.4, -0.2) is 16.1 Å². The van der Waals surface area contributed by atoms with E-state index in [9.17, 15) is 4.79 Å². The van der Waals surface area contributed by atoms with Gasteiger partial charge in [0, 0.05) is 18.0 Å². The predicted octanol–water partition coefficient (Wildman–Crippen LogP) is 1.99. The summed E-state index contributed by atoms with van der Waals surface area (Å²) in [5, 5.41) is 4.13. The Morgan fingerprint density at radius 3 is 2.86 bits per heavy atom. The highest BCUT2D eigenvalue weighted by molar-refractivity contribution is 5.75. The minimum absolute atomic E-state index is 0.693. The van der Waals surface area contributed by atoms with Crippen molar-refractivity contribution in [3.63, 3.8) is 0 Å². The molecule has 3 nitrogen and oxygen atoms in total. The zero-order valence-corrected chi connectivity index (χ0v) is 7.84. The average molecular weight is 186 g/mol. The van der Waals surface area contributed by atoms with Crippen LogP contribution in [0, 0.1) is 6.92 Å². The van der Waals surface area contributed by atoms with E-state index in [1.54, 1.807) is 16.9 Å². The summed E-state index contributed by atoms with van der Waals surface area (Å²) in [4.78, 5) is 10.5. The van der Waals surface area contributed by atoms with Crippen molar-refractivity contribution in [3.05, 3.63) is 47.8 Å². The molecule has 0 saturated carbocycles. The zero-order valence-electron chi connectivity index (χ0n) is 7.84. The molecular weight excluding hydrogens is 176 g/mol. The fourth-order valence-corrected chi connectivity index (χ4v) is 1.42. The summed E-state index contributed by atoms with van der Waals surface area (Å²) < 4.78 is 1.78. The van der Waals surface area contributed by atoms with Gasteiger partial charge in [-0.05, 0) is 36.8 Å². The predicted molar refractivity (Wildman–Crippen MR) is 53.7 cm³/mol. The van der Waals surface area contributed by atoms with Crippen LogP contribution in [0.3, 0.4) is 0 Å². The molecule has 0 aliphatic rings. The van der Waals surface area contributed by atoms with E-state index in [0.29, 0.717) is 5.56 Å². The first-order valence-electron chi connectivity index (χ1n) is 4.37. The fraction of sp³-hybridized carbons (Fsp3) is 0.0909. The summed E-state index contributed by atoms with van der Waals surface area (Å²) in [6.07, 6.45) is 4.45. The molecule has 0 spiro atoms. The first kappa shape index (κ1) is 8.69. The quantitative estimate of drug-likeness (QED) is 0.672. The molecule has 0 aliphatic heterocycles. The number of aldehydes is 1. The van der Waals surface area contributed by atoms with Crippen LogP contribution in [-0.2, 0) is 0 Å². The fourth-order valence-electron chi connectivity index (χ4n) is 1.42. The number of hydrogen-bond donors (Lipinski definition) is 0. The van der Waals surface area contributed by atoms with Gasteiger partial charge in [-0.2, -0.15) is 5.10 Å². The van der Waals surface area contributed by atoms with Gasteiger partial charge < -0.3 is 0 Å². The smallest absolute Gasteiger partial charge is 0.150 e. The van der Waals surface area contributed by atoms with E-state index < -0.39 is 0 Å². The SMILES string of the molecule is Cc1cc(C=O)ccc1-n1cccn1. The molecule has 0 saturated heterocycles. The van der Waals surface area contributed by atoms with E-state index in [0.717, 1.165) is 17.5 Å². The lowest BCUT2D eigenvalue weighted by atomic mass is 10.1. The molecule has 0 radical (unpaired) electrons. The lowest BCUT2D eigenvalue weighted by Crippen LogP contribution is -1.97. The third kappa shape index (κ3) is 1.44. The molecular formula is C11H10N2O. The maximum Gasteiger partial charge on any atom is 0.150 e. The van der Waals surface area contributed by atoms with Crippen LogP contribution in [0.15, 0.2) is 36.7 Å². The highest BCUT2D eigenvalue weighted by atomic mass is 16.1. The first-order valence-corrected chi connectivity index (χ1v) is 4.37. The molecule has 0 amide bonds. The second-order valence-electron chi connectivity index (χ2n) is 3.11. The van der Waals surface area contributed by atoms with E-state index in [2.05, 4.69) is 5.10 Å². The van der Waals surface area contributed by atoms with Crippen LogP contribution in [0.1, 0.15) is 15.9 Å². The Bertz CT molecular complexity index is 446. The van der Waals surface area contributed by atoms with Gasteiger partial charge in [0.2, 0.25) is 0 Å². The lowest BCUT2D eigenvalue weighted by molar-refractivity contribution is 0.112. The minimum Gasteiger partial charge on any atom is -0.298 e. The molecule has 1 aromatic carbocycles. The number of rotatable bonds is 2. The number of aromatic nitrogens is 2. The van der Waals surface area contributed by atoms with Gasteiger partial charge >= 0.3 is 0 Å². The van der Waals surface area contributed by atoms with Gasteiger partial charge in [0.1, 0.15) is 6.29 Å². The van der Waals surface area contributed by atoms with E-state index in [1.165, 1.54) is 0 Å². The van der Waals surface area contributed by atoms with Crippen molar-refractivity contribution in [2.24, 2.45) is 0 Å². The van der Waals surface area contributed by atoms with Crippen molar-refractivity contribution < 1.29 is 4.79 Å². The van der Waals surface area contributed by atoms with Gasteiger partial charge in [0.05, 0.1) is 5.69 Å². The Labute approximate surface area is 82.0 Å². The third-order valence-electron chi connectivity index (χ3n) is 2.11. The Balaban J connectivity index is 2.51. The van der Waals surface area contributed by atoms with Gasteiger partial charge in [-0.15, -0.1) is 0 Å². The van der Waals surface area contributed by atoms with Gasteiger partial charge in [-0.25, -0.2) is 4.68 Å². The molecule has 2 rings (SSSR count). The Morgan fingerprint density at radius 2 is 2.29 bits per heavy atom. The molecule has 1 heterocycles. The van der Waals surface area contributed by atoms with Crippen molar-refractivity contribution in [3.8, 4) is 5.69 Å². The highest BCUT2D eigenvalue weighted by Crippen LogP contribution is 2.13. The van der Waals surface area contributed by atoms with Crippen LogP contribution in [0.2, 0.25) is 0 Å². The number of aryl methyl sites for hydroxylation is 1. The molecule has 70 valence electrons. The van der Waals surface area contributed by atoms with Gasteiger partial charge in [-0.3, -0.25) is 4.79 Å². The molecule has 3 heteroatoms. The van der Waals surface area contributed by atoms with Gasteiger partial charge in [0.15, 0.2) is 0 Å². The van der Waals surface area contributed by atoms with Gasteiger partial charge in [-0.1, -0.05) is 0 Å². The third-order valence-corrected chi connectivity index (χ3v) is 2.11. The highest BCUT2D eigenvalue weighted by Gasteiger charge is 2.01. The van der Waals surface area contributed by atoms with Crippen LogP contribution in [0.4, 0.5) is 0 Å². The molecule has 0 bridgehead atoms. The monoisotopic (exact) mass is 186 g/mol. The molecule has 2 aromatic rings. The van der Waals surface area contributed by atoms with Crippen LogP contribution in [0.25, 0.3) is 5.69 Å². The Morgan fingerprint density at radius 1 is 1.43 bits per heavy atom. The van der Waals surface area contributed by atoms with Crippen molar-refractivity contribution in [2.45, 2.75) is 6.92 Å². The van der Waals surface area contributed by atoms with Crippen molar-refractivity contribution in [2.75, 3.05) is 0 Å².